The minimum atomic E-state index is -0.263. The highest BCUT2D eigenvalue weighted by Gasteiger charge is 2.22. The lowest BCUT2D eigenvalue weighted by Gasteiger charge is -2.15. The Morgan fingerprint density at radius 3 is 2.53 bits per heavy atom. The van der Waals surface area contributed by atoms with Crippen molar-refractivity contribution < 1.29 is 9.59 Å². The molecular weight excluding hydrogens is 402 g/mol. The molecule has 0 spiro atoms. The Bertz CT molecular complexity index is 1140. The Morgan fingerprint density at radius 1 is 1.12 bits per heavy atom. The molecule has 32 heavy (non-hydrogen) atoms. The van der Waals surface area contributed by atoms with E-state index in [1.54, 1.807) is 21.9 Å². The van der Waals surface area contributed by atoms with Crippen LogP contribution >= 0.6 is 0 Å². The highest BCUT2D eigenvalue weighted by molar-refractivity contribution is 6.01. The third-order valence-electron chi connectivity index (χ3n) is 5.30. The van der Waals surface area contributed by atoms with E-state index in [0.717, 1.165) is 29.9 Å². The largest absolute Gasteiger partial charge is 0.312 e. The monoisotopic (exact) mass is 429 g/mol. The van der Waals surface area contributed by atoms with Gasteiger partial charge in [-0.25, -0.2) is 4.98 Å². The molecule has 1 aromatic carbocycles. The highest BCUT2D eigenvalue weighted by atomic mass is 16.2. The molecule has 7 nitrogen and oxygen atoms in total. The fourth-order valence-corrected chi connectivity index (χ4v) is 3.52. The normalized spacial score (nSPS) is 14.3. The molecule has 164 valence electrons. The molecule has 0 radical (unpaired) electrons. The zero-order valence-corrected chi connectivity index (χ0v) is 18.6. The van der Waals surface area contributed by atoms with Gasteiger partial charge in [-0.05, 0) is 42.3 Å². The maximum atomic E-state index is 12.6. The van der Waals surface area contributed by atoms with E-state index in [2.05, 4.69) is 36.2 Å². The average molecular weight is 430 g/mol. The smallest absolute Gasteiger partial charge is 0.249 e. The van der Waals surface area contributed by atoms with Crippen molar-refractivity contribution in [3.8, 4) is 5.82 Å². The second-order valence-electron chi connectivity index (χ2n) is 8.83. The summed E-state index contributed by atoms with van der Waals surface area (Å²) in [4.78, 5) is 30.7. The van der Waals surface area contributed by atoms with Crippen LogP contribution in [-0.4, -0.2) is 33.1 Å². The van der Waals surface area contributed by atoms with Gasteiger partial charge in [0.15, 0.2) is 5.82 Å². The van der Waals surface area contributed by atoms with E-state index >= 15 is 0 Å². The Labute approximate surface area is 187 Å². The van der Waals surface area contributed by atoms with E-state index in [-0.39, 0.29) is 17.2 Å². The standard InChI is InChI=1S/C25H27N5O2/c1-25(2,3)20-17-22(30(28-20)21-7-4-5-15-26-21)27-23(31)14-11-18-9-12-19(13-10-18)29-16-6-8-24(29)32/h4-5,7,9-15,17H,6,8,16H2,1-3H3,(H,27,31). The molecule has 4 rings (SSSR count). The molecule has 0 bridgehead atoms. The third kappa shape index (κ3) is 4.77. The van der Waals surface area contributed by atoms with Crippen LogP contribution in [0.4, 0.5) is 11.5 Å². The van der Waals surface area contributed by atoms with Crippen LogP contribution in [0.25, 0.3) is 11.9 Å². The van der Waals surface area contributed by atoms with Gasteiger partial charge in [0, 0.05) is 42.4 Å². The molecule has 0 saturated carbocycles. The number of benzene rings is 1. The number of anilines is 2. The molecule has 1 aliphatic rings. The van der Waals surface area contributed by atoms with Crippen LogP contribution in [0.15, 0.2) is 60.8 Å². The number of carbonyl (C=O) groups is 2. The maximum absolute atomic E-state index is 12.6. The topological polar surface area (TPSA) is 80.1 Å². The van der Waals surface area contributed by atoms with Gasteiger partial charge in [-0.15, -0.1) is 0 Å². The van der Waals surface area contributed by atoms with Gasteiger partial charge in [-0.3, -0.25) is 9.59 Å². The quantitative estimate of drug-likeness (QED) is 0.612. The summed E-state index contributed by atoms with van der Waals surface area (Å²) in [5, 5.41) is 7.58. The number of hydrogen-bond acceptors (Lipinski definition) is 4. The first kappa shape index (κ1) is 21.5. The van der Waals surface area contributed by atoms with Crippen molar-refractivity contribution in [2.24, 2.45) is 0 Å². The van der Waals surface area contributed by atoms with Gasteiger partial charge in [-0.2, -0.15) is 9.78 Å². The Hall–Kier alpha value is -3.74. The number of nitrogens with one attached hydrogen (secondary N) is 1. The molecule has 1 aliphatic heterocycles. The molecule has 0 unspecified atom stereocenters. The van der Waals surface area contributed by atoms with Crippen molar-refractivity contribution in [3.05, 3.63) is 72.1 Å². The van der Waals surface area contributed by atoms with Crippen LogP contribution in [0, 0.1) is 0 Å². The van der Waals surface area contributed by atoms with Gasteiger partial charge in [0.05, 0.1) is 5.69 Å². The predicted octanol–water partition coefficient (Wildman–Crippen LogP) is 4.34. The van der Waals surface area contributed by atoms with Gasteiger partial charge < -0.3 is 10.2 Å². The summed E-state index contributed by atoms with van der Waals surface area (Å²) in [5.41, 5.74) is 2.45. The van der Waals surface area contributed by atoms with E-state index in [1.807, 2.05) is 48.5 Å². The van der Waals surface area contributed by atoms with E-state index in [4.69, 9.17) is 0 Å². The summed E-state index contributed by atoms with van der Waals surface area (Å²) in [6, 6.07) is 15.1. The molecule has 0 aliphatic carbocycles. The van der Waals surface area contributed by atoms with E-state index in [9.17, 15) is 9.59 Å². The number of nitrogens with zero attached hydrogens (tertiary/aromatic N) is 4. The molecule has 2 amide bonds. The van der Waals surface area contributed by atoms with Crippen LogP contribution in [0.5, 0.6) is 0 Å². The van der Waals surface area contributed by atoms with Crippen LogP contribution in [-0.2, 0) is 15.0 Å². The molecule has 1 saturated heterocycles. The molecule has 1 fully saturated rings. The second kappa shape index (κ2) is 8.78. The van der Waals surface area contributed by atoms with E-state index in [0.29, 0.717) is 18.1 Å². The predicted molar refractivity (Wildman–Crippen MR) is 126 cm³/mol. The Balaban J connectivity index is 1.49. The molecule has 1 N–H and O–H groups in total. The minimum Gasteiger partial charge on any atom is -0.312 e. The number of rotatable bonds is 5. The van der Waals surface area contributed by atoms with Crippen molar-refractivity contribution in [1.82, 2.24) is 14.8 Å². The maximum Gasteiger partial charge on any atom is 0.249 e. The van der Waals surface area contributed by atoms with Crippen LogP contribution in [0.2, 0.25) is 0 Å². The summed E-state index contributed by atoms with van der Waals surface area (Å²) < 4.78 is 1.65. The Kier molecular flexibility index (Phi) is 5.90. The van der Waals surface area contributed by atoms with Gasteiger partial charge >= 0.3 is 0 Å². The lowest BCUT2D eigenvalue weighted by Crippen LogP contribution is -2.23. The number of aromatic nitrogens is 3. The van der Waals surface area contributed by atoms with Crippen molar-refractivity contribution in [1.29, 1.82) is 0 Å². The molecular formula is C25H27N5O2. The lowest BCUT2D eigenvalue weighted by molar-refractivity contribution is -0.117. The van der Waals surface area contributed by atoms with Crippen molar-refractivity contribution in [2.75, 3.05) is 16.8 Å². The van der Waals surface area contributed by atoms with Gasteiger partial charge in [0.2, 0.25) is 11.8 Å². The minimum absolute atomic E-state index is 0.159. The number of carbonyl (C=O) groups excluding carboxylic acids is 2. The molecule has 3 heterocycles. The summed E-state index contributed by atoms with van der Waals surface area (Å²) in [6.45, 7) is 6.98. The van der Waals surface area contributed by atoms with Gasteiger partial charge in [-0.1, -0.05) is 39.0 Å². The lowest BCUT2D eigenvalue weighted by atomic mass is 9.92. The average Bonchev–Trinajstić information content (AvgIpc) is 3.39. The first-order valence-corrected chi connectivity index (χ1v) is 10.7. The summed E-state index contributed by atoms with van der Waals surface area (Å²) in [6.07, 6.45) is 6.43. The third-order valence-corrected chi connectivity index (χ3v) is 5.30. The van der Waals surface area contributed by atoms with Crippen LogP contribution < -0.4 is 10.2 Å². The fraction of sp³-hybridized carbons (Fsp3) is 0.280. The SMILES string of the molecule is CC(C)(C)c1cc(NC(=O)C=Cc2ccc(N3CCCC3=O)cc2)n(-c2ccccn2)n1. The summed E-state index contributed by atoms with van der Waals surface area (Å²) in [7, 11) is 0. The summed E-state index contributed by atoms with van der Waals surface area (Å²) in [5.74, 6) is 1.09. The van der Waals surface area contributed by atoms with Crippen LogP contribution in [0.3, 0.4) is 0 Å². The molecule has 0 atom stereocenters. The number of hydrogen-bond donors (Lipinski definition) is 1. The van der Waals surface area contributed by atoms with Gasteiger partial charge in [0.25, 0.3) is 0 Å². The zero-order valence-electron chi connectivity index (χ0n) is 18.6. The Morgan fingerprint density at radius 2 is 1.91 bits per heavy atom. The van der Waals surface area contributed by atoms with Crippen molar-refractivity contribution >= 4 is 29.4 Å². The van der Waals surface area contributed by atoms with Crippen molar-refractivity contribution in [3.63, 3.8) is 0 Å². The first-order chi connectivity index (χ1) is 15.3. The summed E-state index contributed by atoms with van der Waals surface area (Å²) >= 11 is 0. The second-order valence-corrected chi connectivity index (χ2v) is 8.83. The van der Waals surface area contributed by atoms with E-state index in [1.165, 1.54) is 6.08 Å². The fourth-order valence-electron chi connectivity index (χ4n) is 3.52. The highest BCUT2D eigenvalue weighted by Crippen LogP contribution is 2.26. The van der Waals surface area contributed by atoms with Crippen molar-refractivity contribution in [2.45, 2.75) is 39.0 Å². The molecule has 7 heteroatoms. The van der Waals surface area contributed by atoms with E-state index < -0.39 is 0 Å². The molecule has 2 aromatic heterocycles. The van der Waals surface area contributed by atoms with Gasteiger partial charge in [0.1, 0.15) is 5.82 Å². The first-order valence-electron chi connectivity index (χ1n) is 10.7. The zero-order chi connectivity index (χ0) is 22.7. The number of amides is 2. The number of pyridine rings is 1. The van der Waals surface area contributed by atoms with Crippen LogP contribution in [0.1, 0.15) is 44.9 Å². The molecule has 3 aromatic rings.